The van der Waals surface area contributed by atoms with Crippen LogP contribution >= 0.6 is 11.8 Å². The lowest BCUT2D eigenvalue weighted by atomic mass is 9.91. The molecule has 0 saturated heterocycles. The van der Waals surface area contributed by atoms with Crippen molar-refractivity contribution in [1.29, 1.82) is 0 Å². The summed E-state index contributed by atoms with van der Waals surface area (Å²) in [6.07, 6.45) is 15.9. The number of hydrogen-bond acceptors (Lipinski definition) is 2. The van der Waals surface area contributed by atoms with E-state index in [1.165, 1.54) is 49.9 Å². The molecular formula is C13H19NS. The Labute approximate surface area is 96.7 Å². The molecule has 1 heterocycles. The number of thioether (sulfide) groups is 1. The molecule has 0 bridgehead atoms. The summed E-state index contributed by atoms with van der Waals surface area (Å²) in [6.45, 7) is 0. The van der Waals surface area contributed by atoms with Gasteiger partial charge in [0.25, 0.3) is 0 Å². The van der Waals surface area contributed by atoms with Crippen LogP contribution in [0.15, 0.2) is 27.6 Å². The van der Waals surface area contributed by atoms with E-state index in [0.29, 0.717) is 0 Å². The van der Waals surface area contributed by atoms with Crippen molar-refractivity contribution in [2.45, 2.75) is 44.9 Å². The molecule has 2 heteroatoms. The van der Waals surface area contributed by atoms with Crippen LogP contribution in [0.5, 0.6) is 0 Å². The molecule has 0 aromatic heterocycles. The van der Waals surface area contributed by atoms with E-state index in [9.17, 15) is 0 Å². The van der Waals surface area contributed by atoms with E-state index in [-0.39, 0.29) is 0 Å². The Kier molecular flexibility index (Phi) is 4.52. The zero-order valence-corrected chi connectivity index (χ0v) is 10.0. The van der Waals surface area contributed by atoms with Gasteiger partial charge in [-0.25, -0.2) is 0 Å². The molecule has 0 atom stereocenters. The number of rotatable bonds is 1. The largest absolute Gasteiger partial charge is 0.264 e. The van der Waals surface area contributed by atoms with E-state index >= 15 is 0 Å². The molecular weight excluding hydrogens is 202 g/mol. The second-order valence-electron chi connectivity index (χ2n) is 4.31. The minimum atomic E-state index is 0.796. The monoisotopic (exact) mass is 221 g/mol. The summed E-state index contributed by atoms with van der Waals surface area (Å²) in [6, 6.07) is 0. The Morgan fingerprint density at radius 3 is 2.60 bits per heavy atom. The highest BCUT2D eigenvalue weighted by molar-refractivity contribution is 8.05. The molecule has 0 radical (unpaired) electrons. The molecule has 2 aliphatic rings. The fraction of sp³-hybridized carbons (Fsp3) is 0.615. The first-order valence-corrected chi connectivity index (χ1v) is 6.90. The standard InChI is InChI=1S/C13H19NS/c1-2-4-6-12(7-5-3-1)13-8-9-14-10-11-15-13/h8-12H,1-7H2. The van der Waals surface area contributed by atoms with Crippen LogP contribution in [-0.4, -0.2) is 6.21 Å². The van der Waals surface area contributed by atoms with Crippen LogP contribution in [0.3, 0.4) is 0 Å². The van der Waals surface area contributed by atoms with Gasteiger partial charge in [-0.1, -0.05) is 32.1 Å². The van der Waals surface area contributed by atoms with E-state index in [2.05, 4.69) is 16.5 Å². The smallest absolute Gasteiger partial charge is 0.0334 e. The summed E-state index contributed by atoms with van der Waals surface area (Å²) in [5, 5.41) is 2.11. The molecule has 0 spiro atoms. The topological polar surface area (TPSA) is 12.4 Å². The first-order chi connectivity index (χ1) is 7.47. The van der Waals surface area contributed by atoms with Gasteiger partial charge in [0.2, 0.25) is 0 Å². The molecule has 0 N–H and O–H groups in total. The first-order valence-electron chi connectivity index (χ1n) is 6.02. The highest BCUT2D eigenvalue weighted by Crippen LogP contribution is 2.35. The van der Waals surface area contributed by atoms with E-state index < -0.39 is 0 Å². The molecule has 0 aromatic carbocycles. The van der Waals surface area contributed by atoms with Gasteiger partial charge in [-0.2, -0.15) is 0 Å². The molecule has 1 aliphatic carbocycles. The van der Waals surface area contributed by atoms with Gasteiger partial charge in [0.15, 0.2) is 0 Å². The molecule has 1 nitrogen and oxygen atoms in total. The van der Waals surface area contributed by atoms with E-state index in [1.54, 1.807) is 0 Å². The van der Waals surface area contributed by atoms with Gasteiger partial charge in [-0.15, -0.1) is 11.8 Å². The maximum atomic E-state index is 4.16. The van der Waals surface area contributed by atoms with Crippen LogP contribution in [0.1, 0.15) is 44.9 Å². The lowest BCUT2D eigenvalue weighted by molar-refractivity contribution is 0.431. The van der Waals surface area contributed by atoms with Crippen molar-refractivity contribution in [3.8, 4) is 0 Å². The third-order valence-electron chi connectivity index (χ3n) is 3.18. The molecule has 1 fully saturated rings. The van der Waals surface area contributed by atoms with E-state index in [0.717, 1.165) is 5.92 Å². The van der Waals surface area contributed by atoms with Gasteiger partial charge in [-0.3, -0.25) is 4.99 Å². The Bertz CT molecular complexity index is 270. The summed E-state index contributed by atoms with van der Waals surface area (Å²) >= 11 is 1.86. The van der Waals surface area contributed by atoms with Crippen molar-refractivity contribution in [2.75, 3.05) is 0 Å². The van der Waals surface area contributed by atoms with Crippen LogP contribution < -0.4 is 0 Å². The average Bonchev–Trinajstić information content (AvgIpc) is 2.45. The zero-order valence-electron chi connectivity index (χ0n) is 9.19. The van der Waals surface area contributed by atoms with Crippen molar-refractivity contribution in [1.82, 2.24) is 0 Å². The fourth-order valence-electron chi connectivity index (χ4n) is 2.32. The number of aliphatic imine (C=N–C) groups is 1. The van der Waals surface area contributed by atoms with Gasteiger partial charge in [0.1, 0.15) is 0 Å². The molecule has 2 rings (SSSR count). The quantitative estimate of drug-likeness (QED) is 0.634. The van der Waals surface area contributed by atoms with E-state index in [1.807, 2.05) is 24.2 Å². The molecule has 0 amide bonds. The first kappa shape index (κ1) is 11.0. The minimum absolute atomic E-state index is 0.796. The highest BCUT2D eigenvalue weighted by atomic mass is 32.2. The van der Waals surface area contributed by atoms with Gasteiger partial charge in [-0.05, 0) is 35.1 Å². The number of nitrogens with zero attached hydrogens (tertiary/aromatic N) is 1. The third kappa shape index (κ3) is 3.53. The SMILES string of the molecule is C1=CSC(C2CCCCCCC2)=CC=N1. The fourth-order valence-corrected chi connectivity index (χ4v) is 3.18. The Morgan fingerprint density at radius 2 is 1.80 bits per heavy atom. The van der Waals surface area contributed by atoms with Crippen LogP contribution in [-0.2, 0) is 0 Å². The lowest BCUT2D eigenvalue weighted by Gasteiger charge is -2.20. The highest BCUT2D eigenvalue weighted by Gasteiger charge is 2.15. The maximum Gasteiger partial charge on any atom is 0.0334 e. The summed E-state index contributed by atoms with van der Waals surface area (Å²) in [5.74, 6) is 0.796. The van der Waals surface area contributed by atoms with Crippen LogP contribution in [0.4, 0.5) is 0 Å². The van der Waals surface area contributed by atoms with Crippen molar-refractivity contribution < 1.29 is 0 Å². The van der Waals surface area contributed by atoms with Gasteiger partial charge in [0.05, 0.1) is 0 Å². The second-order valence-corrected chi connectivity index (χ2v) is 5.29. The lowest BCUT2D eigenvalue weighted by Crippen LogP contribution is -2.05. The van der Waals surface area contributed by atoms with E-state index in [4.69, 9.17) is 0 Å². The molecule has 0 unspecified atom stereocenters. The summed E-state index contributed by atoms with van der Waals surface area (Å²) in [7, 11) is 0. The van der Waals surface area contributed by atoms with Crippen LogP contribution in [0.2, 0.25) is 0 Å². The van der Waals surface area contributed by atoms with Crippen LogP contribution in [0.25, 0.3) is 0 Å². The predicted octanol–water partition coefficient (Wildman–Crippen LogP) is 4.52. The summed E-state index contributed by atoms with van der Waals surface area (Å²) in [5.41, 5.74) is 0. The van der Waals surface area contributed by atoms with Gasteiger partial charge in [0, 0.05) is 12.4 Å². The van der Waals surface area contributed by atoms with Crippen LogP contribution in [0, 0.1) is 5.92 Å². The molecule has 0 aromatic rings. The van der Waals surface area contributed by atoms with Crippen molar-refractivity contribution in [3.05, 3.63) is 22.6 Å². The minimum Gasteiger partial charge on any atom is -0.264 e. The maximum absolute atomic E-state index is 4.16. The predicted molar refractivity (Wildman–Crippen MR) is 69.1 cm³/mol. The van der Waals surface area contributed by atoms with Crippen molar-refractivity contribution >= 4 is 18.0 Å². The Morgan fingerprint density at radius 1 is 1.07 bits per heavy atom. The summed E-state index contributed by atoms with van der Waals surface area (Å²) in [4.78, 5) is 5.68. The molecule has 82 valence electrons. The molecule has 15 heavy (non-hydrogen) atoms. The molecule has 1 aliphatic heterocycles. The average molecular weight is 221 g/mol. The van der Waals surface area contributed by atoms with Gasteiger partial charge >= 0.3 is 0 Å². The molecule has 1 saturated carbocycles. The normalized spacial score (nSPS) is 24.1. The van der Waals surface area contributed by atoms with Crippen molar-refractivity contribution in [2.24, 2.45) is 10.9 Å². The number of hydrogen-bond donors (Lipinski definition) is 0. The Balaban J connectivity index is 1.97. The Hall–Kier alpha value is -0.500. The number of allylic oxidation sites excluding steroid dienone is 2. The zero-order chi connectivity index (χ0) is 10.3. The third-order valence-corrected chi connectivity index (χ3v) is 4.18. The summed E-state index contributed by atoms with van der Waals surface area (Å²) < 4.78 is 0. The van der Waals surface area contributed by atoms with Gasteiger partial charge < -0.3 is 0 Å². The second kappa shape index (κ2) is 6.16. The van der Waals surface area contributed by atoms with Crippen molar-refractivity contribution in [3.63, 3.8) is 0 Å².